The van der Waals surface area contributed by atoms with Gasteiger partial charge >= 0.3 is 0 Å². The van der Waals surface area contributed by atoms with Crippen molar-refractivity contribution in [2.45, 2.75) is 26.0 Å². The highest BCUT2D eigenvalue weighted by Crippen LogP contribution is 2.36. The molecule has 0 saturated heterocycles. The number of ketones is 1. The van der Waals surface area contributed by atoms with E-state index in [9.17, 15) is 13.2 Å². The van der Waals surface area contributed by atoms with Gasteiger partial charge in [-0.05, 0) is 35.2 Å². The van der Waals surface area contributed by atoms with Crippen LogP contribution in [0.4, 0.5) is 5.69 Å². The maximum Gasteiger partial charge on any atom is 0.229 e. The Kier molecular flexibility index (Phi) is 3.97. The molecule has 2 aromatic rings. The van der Waals surface area contributed by atoms with Gasteiger partial charge in [0.05, 0.1) is 13.4 Å². The number of carbonyl (C=O) groups is 1. The third-order valence-electron chi connectivity index (χ3n) is 4.44. The second-order valence-electron chi connectivity index (χ2n) is 7.08. The number of aliphatic imine (C=N–C) groups is 2. The molecular weight excluding hydrogens is 426 g/mol. The minimum atomic E-state index is -3.58. The van der Waals surface area contributed by atoms with Gasteiger partial charge < -0.3 is 4.74 Å². The van der Waals surface area contributed by atoms with Crippen molar-refractivity contribution >= 4 is 45.7 Å². The summed E-state index contributed by atoms with van der Waals surface area (Å²) in [7, 11) is -2.36. The summed E-state index contributed by atoms with van der Waals surface area (Å²) in [6, 6.07) is 8.56. The van der Waals surface area contributed by atoms with Crippen LogP contribution in [0.3, 0.4) is 0 Å². The summed E-state index contributed by atoms with van der Waals surface area (Å²) in [5.74, 6) is -0.879. The number of benzene rings is 2. The van der Waals surface area contributed by atoms with Crippen molar-refractivity contribution in [1.29, 1.82) is 0 Å². The van der Waals surface area contributed by atoms with E-state index in [-0.39, 0.29) is 29.1 Å². The molecule has 1 N–H and O–H groups in total. The van der Waals surface area contributed by atoms with Crippen molar-refractivity contribution in [3.05, 3.63) is 58.7 Å². The van der Waals surface area contributed by atoms with Gasteiger partial charge in [0.25, 0.3) is 0 Å². The van der Waals surface area contributed by atoms with Crippen molar-refractivity contribution < 1.29 is 30.3 Å². The molecule has 1 heterocycles. The summed E-state index contributed by atoms with van der Waals surface area (Å²) in [5.41, 5.74) is -3.34. The van der Waals surface area contributed by atoms with Crippen LogP contribution in [0.5, 0.6) is 5.75 Å². The summed E-state index contributed by atoms with van der Waals surface area (Å²) in [5, 5.41) is 0. The van der Waals surface area contributed by atoms with Crippen molar-refractivity contribution in [3.8, 4) is 5.75 Å². The van der Waals surface area contributed by atoms with Crippen molar-refractivity contribution in [2.24, 2.45) is 9.98 Å². The number of sulfonamides is 1. The fourth-order valence-corrected chi connectivity index (χ4v) is 3.65. The lowest BCUT2D eigenvalue weighted by Crippen LogP contribution is -2.23. The number of anilines is 1. The summed E-state index contributed by atoms with van der Waals surface area (Å²) in [6.45, 7) is -11.0. The van der Waals surface area contributed by atoms with E-state index in [1.165, 1.54) is 30.4 Å². The predicted octanol–water partition coefficient (Wildman–Crippen LogP) is 3.93. The third-order valence-corrected chi connectivity index (χ3v) is 5.04. The largest absolute Gasteiger partial charge is 0.496 e. The number of rotatable bonds is 6. The molecule has 0 amide bonds. The fraction of sp³-hybridized carbons (Fsp3) is 0.292. The number of carbonyl (C=O) groups excluding carboxylic acids is 1. The molecular formula is C24H27N3O4S. The molecule has 2 aromatic carbocycles. The summed E-state index contributed by atoms with van der Waals surface area (Å²) >= 11 is 0. The molecule has 3 rings (SSSR count). The van der Waals surface area contributed by atoms with Crippen molar-refractivity contribution in [2.75, 3.05) is 24.6 Å². The number of methoxy groups -OCH3 is 1. The van der Waals surface area contributed by atoms with Gasteiger partial charge in [-0.2, -0.15) is 0 Å². The summed E-state index contributed by atoms with van der Waals surface area (Å²) < 4.78 is 104. The quantitative estimate of drug-likeness (QED) is 0.658. The molecule has 7 nitrogen and oxygen atoms in total. The normalized spacial score (nSPS) is 19.9. The van der Waals surface area contributed by atoms with E-state index in [2.05, 4.69) is 14.7 Å². The highest BCUT2D eigenvalue weighted by Gasteiger charge is 2.25. The number of ether oxygens (including phenoxy) is 1. The standard InChI is InChI=1S/C24H27N3O4S/c1-24(2,3)20-13-18(22-21(28)14-25-15-26-22)12-17(23(20)31-4)9-6-16-7-10-19(11-8-16)27-32(5,29)30/h6-13,15,27H,14H2,1-5H3/b9-6+/i1D3,2D3,3D3. The van der Waals surface area contributed by atoms with Gasteiger partial charge in [0.15, 0.2) is 0 Å². The second kappa shape index (κ2) is 9.08. The first-order valence-electron chi connectivity index (χ1n) is 13.8. The average molecular weight is 463 g/mol. The molecule has 0 spiro atoms. The van der Waals surface area contributed by atoms with Crippen LogP contribution in [0.2, 0.25) is 0 Å². The molecule has 1 aliphatic rings. The van der Waals surface area contributed by atoms with Crippen molar-refractivity contribution in [1.82, 2.24) is 0 Å². The Balaban J connectivity index is 2.36. The number of hydrogen-bond acceptors (Lipinski definition) is 6. The van der Waals surface area contributed by atoms with Gasteiger partial charge in [-0.15, -0.1) is 0 Å². The van der Waals surface area contributed by atoms with Crippen LogP contribution in [0.1, 0.15) is 55.1 Å². The topological polar surface area (TPSA) is 97.2 Å². The Hall–Kier alpha value is -3.26. The van der Waals surface area contributed by atoms with Crippen LogP contribution in [-0.4, -0.2) is 46.2 Å². The van der Waals surface area contributed by atoms with Gasteiger partial charge in [0.2, 0.25) is 15.8 Å². The summed E-state index contributed by atoms with van der Waals surface area (Å²) in [4.78, 5) is 20.4. The van der Waals surface area contributed by atoms with Gasteiger partial charge in [0, 0.05) is 34.7 Å². The van der Waals surface area contributed by atoms with E-state index in [1.807, 2.05) is 0 Å². The van der Waals surface area contributed by atoms with Gasteiger partial charge in [0.1, 0.15) is 24.3 Å². The maximum atomic E-state index is 12.6. The van der Waals surface area contributed by atoms with Crippen LogP contribution < -0.4 is 9.46 Å². The number of nitrogens with one attached hydrogen (secondary N) is 1. The van der Waals surface area contributed by atoms with E-state index >= 15 is 0 Å². The molecule has 32 heavy (non-hydrogen) atoms. The van der Waals surface area contributed by atoms with Gasteiger partial charge in [-0.1, -0.05) is 44.8 Å². The van der Waals surface area contributed by atoms with Crippen LogP contribution in [0.15, 0.2) is 46.4 Å². The highest BCUT2D eigenvalue weighted by atomic mass is 32.2. The van der Waals surface area contributed by atoms with E-state index in [1.54, 1.807) is 12.1 Å². The lowest BCUT2D eigenvalue weighted by atomic mass is 9.83. The fourth-order valence-electron chi connectivity index (χ4n) is 3.09. The zero-order valence-corrected chi connectivity index (χ0v) is 18.2. The molecule has 8 heteroatoms. The van der Waals surface area contributed by atoms with E-state index in [4.69, 9.17) is 17.1 Å². The molecule has 0 bridgehead atoms. The van der Waals surface area contributed by atoms with Crippen LogP contribution in [-0.2, 0) is 20.2 Å². The zero-order valence-electron chi connectivity index (χ0n) is 26.3. The van der Waals surface area contributed by atoms with Crippen LogP contribution in [0.25, 0.3) is 12.2 Å². The number of hydrogen-bond donors (Lipinski definition) is 1. The minimum absolute atomic E-state index is 0.0218. The first-order valence-corrected chi connectivity index (χ1v) is 11.2. The predicted molar refractivity (Wildman–Crippen MR) is 130 cm³/mol. The Morgan fingerprint density at radius 3 is 2.47 bits per heavy atom. The summed E-state index contributed by atoms with van der Waals surface area (Å²) in [6.07, 6.45) is 5.08. The van der Waals surface area contributed by atoms with Crippen molar-refractivity contribution in [3.63, 3.8) is 0 Å². The minimum Gasteiger partial charge on any atom is -0.496 e. The zero-order chi connectivity index (χ0) is 31.0. The Bertz CT molecular complexity index is 1490. The molecule has 0 unspecified atom stereocenters. The molecule has 0 aliphatic carbocycles. The van der Waals surface area contributed by atoms with E-state index < -0.39 is 47.3 Å². The van der Waals surface area contributed by atoms with E-state index in [0.717, 1.165) is 25.8 Å². The Morgan fingerprint density at radius 1 is 1.16 bits per heavy atom. The first-order chi connectivity index (χ1) is 18.7. The average Bonchev–Trinajstić information content (AvgIpc) is 2.80. The monoisotopic (exact) mass is 462 g/mol. The Morgan fingerprint density at radius 2 is 1.88 bits per heavy atom. The van der Waals surface area contributed by atoms with Gasteiger partial charge in [-0.3, -0.25) is 14.5 Å². The second-order valence-corrected chi connectivity index (χ2v) is 8.83. The number of Topliss-reactive ketones (excluding diaryl/α,β-unsaturated/α-hetero) is 1. The molecule has 0 saturated carbocycles. The van der Waals surface area contributed by atoms with Crippen LogP contribution >= 0.6 is 0 Å². The molecule has 0 aromatic heterocycles. The molecule has 0 atom stereocenters. The highest BCUT2D eigenvalue weighted by molar-refractivity contribution is 7.92. The smallest absolute Gasteiger partial charge is 0.229 e. The van der Waals surface area contributed by atoms with E-state index in [0.29, 0.717) is 11.3 Å². The maximum absolute atomic E-state index is 12.6. The lowest BCUT2D eigenvalue weighted by molar-refractivity contribution is -0.111. The Labute approximate surface area is 201 Å². The van der Waals surface area contributed by atoms with Crippen LogP contribution in [0, 0.1) is 0 Å². The first kappa shape index (κ1) is 14.0. The molecule has 1 aliphatic heterocycles. The number of nitrogens with zero attached hydrogens (tertiary/aromatic N) is 2. The third kappa shape index (κ3) is 5.70. The lowest BCUT2D eigenvalue weighted by Gasteiger charge is -2.25. The molecule has 0 radical (unpaired) electrons. The molecule has 0 fully saturated rings. The van der Waals surface area contributed by atoms with Gasteiger partial charge in [-0.25, -0.2) is 13.4 Å². The SMILES string of the molecule is [2H]C([2H])([2H])C(c1cc(C2=NC=NCC2=O)cc(/C=C/c2ccc(NS(C)(=O)=O)cc2)c1OC)(C([2H])([2H])[2H])C([2H])([2H])[2H]. The molecule has 168 valence electrons.